The third-order valence-electron chi connectivity index (χ3n) is 2.64. The number of phenolic OH excluding ortho intramolecular Hbond substituents is 1. The van der Waals surface area contributed by atoms with Crippen molar-refractivity contribution < 1.29 is 10.2 Å². The summed E-state index contributed by atoms with van der Waals surface area (Å²) >= 11 is 6.75. The summed E-state index contributed by atoms with van der Waals surface area (Å²) in [4.78, 5) is 0. The summed E-state index contributed by atoms with van der Waals surface area (Å²) < 4.78 is 1.55. The van der Waals surface area contributed by atoms with E-state index in [1.807, 2.05) is 18.2 Å². The van der Waals surface area contributed by atoms with E-state index in [-0.39, 0.29) is 12.4 Å². The van der Waals surface area contributed by atoms with Crippen LogP contribution in [0.5, 0.6) is 5.75 Å². The van der Waals surface area contributed by atoms with E-state index in [0.29, 0.717) is 10.0 Å². The van der Waals surface area contributed by atoms with E-state index in [4.69, 9.17) is 10.8 Å². The lowest BCUT2D eigenvalue weighted by Gasteiger charge is -2.14. The lowest BCUT2D eigenvalue weighted by atomic mass is 10.0. The molecule has 1 atom stereocenters. The van der Waals surface area contributed by atoms with Crippen LogP contribution in [0.1, 0.15) is 11.6 Å². The highest BCUT2D eigenvalue weighted by atomic mass is 79.9. The SMILES string of the molecule is N[C@H](CO)c1cc2cc(Br)ccc2c(Br)c1O. The van der Waals surface area contributed by atoms with Crippen LogP contribution in [0.2, 0.25) is 0 Å². The van der Waals surface area contributed by atoms with Crippen molar-refractivity contribution in [2.24, 2.45) is 5.73 Å². The lowest BCUT2D eigenvalue weighted by molar-refractivity contribution is 0.265. The Morgan fingerprint density at radius 1 is 1.24 bits per heavy atom. The molecule has 0 aromatic heterocycles. The van der Waals surface area contributed by atoms with E-state index in [2.05, 4.69) is 31.9 Å². The van der Waals surface area contributed by atoms with Gasteiger partial charge in [-0.05, 0) is 44.9 Å². The van der Waals surface area contributed by atoms with Crippen molar-refractivity contribution >= 4 is 42.6 Å². The molecule has 17 heavy (non-hydrogen) atoms. The average Bonchev–Trinajstić information content (AvgIpc) is 2.32. The number of rotatable bonds is 2. The highest BCUT2D eigenvalue weighted by Gasteiger charge is 2.15. The van der Waals surface area contributed by atoms with E-state index >= 15 is 0 Å². The first-order chi connectivity index (χ1) is 8.04. The fourth-order valence-electron chi connectivity index (χ4n) is 1.72. The van der Waals surface area contributed by atoms with Crippen molar-refractivity contribution in [3.63, 3.8) is 0 Å². The quantitative estimate of drug-likeness (QED) is 0.771. The molecule has 3 nitrogen and oxygen atoms in total. The minimum absolute atomic E-state index is 0.0846. The van der Waals surface area contributed by atoms with E-state index in [0.717, 1.165) is 15.2 Å². The molecule has 0 amide bonds. The molecule has 0 fully saturated rings. The average molecular weight is 361 g/mol. The van der Waals surface area contributed by atoms with E-state index in [9.17, 15) is 5.11 Å². The second kappa shape index (κ2) is 4.94. The van der Waals surface area contributed by atoms with Crippen LogP contribution in [0.15, 0.2) is 33.2 Å². The van der Waals surface area contributed by atoms with Gasteiger partial charge in [-0.3, -0.25) is 0 Å². The van der Waals surface area contributed by atoms with Gasteiger partial charge in [0.05, 0.1) is 17.1 Å². The highest BCUT2D eigenvalue weighted by Crippen LogP contribution is 2.38. The van der Waals surface area contributed by atoms with Crippen LogP contribution in [0, 0.1) is 0 Å². The molecule has 2 aromatic rings. The van der Waals surface area contributed by atoms with Crippen LogP contribution >= 0.6 is 31.9 Å². The predicted octanol–water partition coefficient (Wildman–Crippen LogP) is 3.06. The molecule has 0 radical (unpaired) electrons. The van der Waals surface area contributed by atoms with Crippen molar-refractivity contribution in [2.75, 3.05) is 6.61 Å². The largest absolute Gasteiger partial charge is 0.506 e. The number of aliphatic hydroxyl groups is 1. The molecule has 0 unspecified atom stereocenters. The second-order valence-corrected chi connectivity index (χ2v) is 5.49. The van der Waals surface area contributed by atoms with Gasteiger partial charge >= 0.3 is 0 Å². The van der Waals surface area contributed by atoms with Crippen LogP contribution in [-0.2, 0) is 0 Å². The Hall–Kier alpha value is -0.620. The monoisotopic (exact) mass is 359 g/mol. The standard InChI is InChI=1S/C12H11Br2NO2/c13-7-1-2-8-6(3-7)4-9(10(15)5-16)12(17)11(8)14/h1-4,10,16-17H,5,15H2/t10-/m1/s1. The van der Waals surface area contributed by atoms with E-state index in [1.165, 1.54) is 0 Å². The fourth-order valence-corrected chi connectivity index (χ4v) is 2.69. The number of hydrogen-bond donors (Lipinski definition) is 3. The molecule has 0 heterocycles. The van der Waals surface area contributed by atoms with Crippen molar-refractivity contribution in [2.45, 2.75) is 6.04 Å². The van der Waals surface area contributed by atoms with Gasteiger partial charge < -0.3 is 15.9 Å². The first-order valence-corrected chi connectivity index (χ1v) is 6.60. The van der Waals surface area contributed by atoms with Crippen molar-refractivity contribution in [3.05, 3.63) is 38.8 Å². The number of benzene rings is 2. The Kier molecular flexibility index (Phi) is 3.73. The first kappa shape index (κ1) is 12.8. The van der Waals surface area contributed by atoms with Gasteiger partial charge in [-0.1, -0.05) is 22.0 Å². The number of nitrogens with two attached hydrogens (primary N) is 1. The Balaban J connectivity index is 2.75. The van der Waals surface area contributed by atoms with Crippen molar-refractivity contribution in [1.29, 1.82) is 0 Å². The minimum atomic E-state index is -0.588. The summed E-state index contributed by atoms with van der Waals surface area (Å²) in [5.41, 5.74) is 6.28. The summed E-state index contributed by atoms with van der Waals surface area (Å²) in [6, 6.07) is 6.94. The second-order valence-electron chi connectivity index (χ2n) is 3.78. The van der Waals surface area contributed by atoms with Gasteiger partial charge in [0.2, 0.25) is 0 Å². The molecule has 0 aliphatic rings. The maximum atomic E-state index is 10.0. The zero-order valence-corrected chi connectivity index (χ0v) is 12.0. The normalized spacial score (nSPS) is 12.9. The Morgan fingerprint density at radius 2 is 1.94 bits per heavy atom. The summed E-state index contributed by atoms with van der Waals surface area (Å²) in [5.74, 6) is 0.0846. The molecule has 5 heteroatoms. The molecule has 2 aromatic carbocycles. The van der Waals surface area contributed by atoms with Crippen LogP contribution in [0.3, 0.4) is 0 Å². The van der Waals surface area contributed by atoms with E-state index < -0.39 is 6.04 Å². The molecule has 0 bridgehead atoms. The smallest absolute Gasteiger partial charge is 0.135 e. The summed E-state index contributed by atoms with van der Waals surface area (Å²) in [5, 5.41) is 20.9. The van der Waals surface area contributed by atoms with Gasteiger partial charge in [0, 0.05) is 10.0 Å². The lowest BCUT2D eigenvalue weighted by Crippen LogP contribution is -2.14. The fraction of sp³-hybridized carbons (Fsp3) is 0.167. The number of aliphatic hydroxyl groups excluding tert-OH is 1. The maximum Gasteiger partial charge on any atom is 0.135 e. The molecule has 4 N–H and O–H groups in total. The summed E-state index contributed by atoms with van der Waals surface area (Å²) in [6.07, 6.45) is 0. The van der Waals surface area contributed by atoms with Gasteiger partial charge in [0.15, 0.2) is 0 Å². The van der Waals surface area contributed by atoms with Gasteiger partial charge in [0.25, 0.3) is 0 Å². The molecule has 0 saturated heterocycles. The Labute approximate surface area is 116 Å². The van der Waals surface area contributed by atoms with Gasteiger partial charge in [-0.25, -0.2) is 0 Å². The van der Waals surface area contributed by atoms with Crippen LogP contribution in [0.4, 0.5) is 0 Å². The highest BCUT2D eigenvalue weighted by molar-refractivity contribution is 9.11. The zero-order valence-electron chi connectivity index (χ0n) is 8.82. The van der Waals surface area contributed by atoms with E-state index in [1.54, 1.807) is 6.07 Å². The molecular formula is C12H11Br2NO2. The van der Waals surface area contributed by atoms with Gasteiger partial charge in [-0.2, -0.15) is 0 Å². The molecule has 0 spiro atoms. The predicted molar refractivity (Wildman–Crippen MR) is 75.0 cm³/mol. The molecule has 90 valence electrons. The first-order valence-electron chi connectivity index (χ1n) is 5.01. The molecule has 2 rings (SSSR count). The maximum absolute atomic E-state index is 10.0. The number of fused-ring (bicyclic) bond motifs is 1. The van der Waals surface area contributed by atoms with Crippen molar-refractivity contribution in [1.82, 2.24) is 0 Å². The third kappa shape index (κ3) is 2.33. The number of halogens is 2. The van der Waals surface area contributed by atoms with Gasteiger partial charge in [0.1, 0.15) is 5.75 Å². The molecule has 0 aliphatic heterocycles. The molecule has 0 aliphatic carbocycles. The van der Waals surface area contributed by atoms with Gasteiger partial charge in [-0.15, -0.1) is 0 Å². The minimum Gasteiger partial charge on any atom is -0.506 e. The number of hydrogen-bond acceptors (Lipinski definition) is 3. The molecular weight excluding hydrogens is 350 g/mol. The summed E-state index contributed by atoms with van der Waals surface area (Å²) in [6.45, 7) is -0.209. The Bertz CT molecular complexity index is 572. The van der Waals surface area contributed by atoms with Crippen LogP contribution in [0.25, 0.3) is 10.8 Å². The Morgan fingerprint density at radius 3 is 2.59 bits per heavy atom. The zero-order chi connectivity index (χ0) is 12.6. The topological polar surface area (TPSA) is 66.5 Å². The molecule has 0 saturated carbocycles. The third-order valence-corrected chi connectivity index (χ3v) is 3.93. The van der Waals surface area contributed by atoms with Crippen LogP contribution < -0.4 is 5.73 Å². The number of phenols is 1. The van der Waals surface area contributed by atoms with Crippen molar-refractivity contribution in [3.8, 4) is 5.75 Å². The number of aromatic hydroxyl groups is 1. The summed E-state index contributed by atoms with van der Waals surface area (Å²) in [7, 11) is 0. The van der Waals surface area contributed by atoms with Crippen LogP contribution in [-0.4, -0.2) is 16.8 Å².